The maximum absolute atomic E-state index is 13.3. The van der Waals surface area contributed by atoms with E-state index in [1.54, 1.807) is 11.8 Å². The summed E-state index contributed by atoms with van der Waals surface area (Å²) in [7, 11) is 1.86. The lowest BCUT2D eigenvalue weighted by molar-refractivity contribution is 0.184. The van der Waals surface area contributed by atoms with Gasteiger partial charge in [-0.05, 0) is 50.1 Å². The average Bonchev–Trinajstić information content (AvgIpc) is 2.42. The zero-order chi connectivity index (χ0) is 15.3. The number of nitrogens with two attached hydrogens (primary N) is 1. The molecular weight excluding hydrogens is 285 g/mol. The van der Waals surface area contributed by atoms with E-state index in [9.17, 15) is 13.2 Å². The first kappa shape index (κ1) is 17.3. The summed E-state index contributed by atoms with van der Waals surface area (Å²) < 4.78 is 39.7. The zero-order valence-electron chi connectivity index (χ0n) is 12.0. The number of hydrogen-bond donors (Lipinski definition) is 1. The lowest BCUT2D eigenvalue weighted by atomic mass is 10.0. The third-order valence-electron chi connectivity index (χ3n) is 3.54. The molecule has 1 rings (SSSR count). The van der Waals surface area contributed by atoms with Gasteiger partial charge in [0, 0.05) is 18.6 Å². The van der Waals surface area contributed by atoms with Gasteiger partial charge < -0.3 is 5.73 Å². The smallest absolute Gasteiger partial charge is 0.194 e. The number of benzene rings is 1. The van der Waals surface area contributed by atoms with E-state index < -0.39 is 17.5 Å². The molecule has 2 N–H and O–H groups in total. The van der Waals surface area contributed by atoms with Gasteiger partial charge in [-0.3, -0.25) is 4.90 Å². The van der Waals surface area contributed by atoms with Gasteiger partial charge in [0.1, 0.15) is 0 Å². The van der Waals surface area contributed by atoms with Crippen LogP contribution in [0.1, 0.15) is 24.9 Å². The molecule has 0 amide bonds. The molecular formula is C14H21F3N2S. The van der Waals surface area contributed by atoms with Crippen molar-refractivity contribution in [3.63, 3.8) is 0 Å². The van der Waals surface area contributed by atoms with Gasteiger partial charge in [-0.25, -0.2) is 13.2 Å². The van der Waals surface area contributed by atoms with Crippen LogP contribution >= 0.6 is 11.8 Å². The minimum atomic E-state index is -1.44. The van der Waals surface area contributed by atoms with E-state index in [-0.39, 0.29) is 18.6 Å². The number of nitrogens with zero attached hydrogens (tertiary/aromatic N) is 1. The third-order valence-corrected chi connectivity index (χ3v) is 4.18. The Balaban J connectivity index is 2.95. The molecule has 114 valence electrons. The molecule has 0 aromatic heterocycles. The van der Waals surface area contributed by atoms with Crippen LogP contribution in [-0.4, -0.2) is 36.5 Å². The number of likely N-dealkylation sites (N-methyl/N-ethyl adjacent to an activating group) is 1. The highest BCUT2D eigenvalue weighted by Crippen LogP contribution is 2.25. The largest absolute Gasteiger partial charge is 0.329 e. The summed E-state index contributed by atoms with van der Waals surface area (Å²) in [5.41, 5.74) is 6.09. The van der Waals surface area contributed by atoms with E-state index in [0.717, 1.165) is 24.3 Å². The predicted molar refractivity (Wildman–Crippen MR) is 78.3 cm³/mol. The normalized spacial score (nSPS) is 14.6. The Bertz CT molecular complexity index is 419. The van der Waals surface area contributed by atoms with Crippen LogP contribution in [0, 0.1) is 17.5 Å². The van der Waals surface area contributed by atoms with E-state index in [2.05, 4.69) is 0 Å². The summed E-state index contributed by atoms with van der Waals surface area (Å²) >= 11 is 1.74. The molecule has 0 bridgehead atoms. The molecule has 0 aliphatic heterocycles. The summed E-state index contributed by atoms with van der Waals surface area (Å²) in [5, 5.41) is 0. The van der Waals surface area contributed by atoms with Crippen molar-refractivity contribution < 1.29 is 13.2 Å². The first-order valence-corrected chi connectivity index (χ1v) is 7.87. The summed E-state index contributed by atoms with van der Waals surface area (Å²) in [6, 6.07) is 1.92. The number of rotatable bonds is 7. The Morgan fingerprint density at radius 2 is 1.80 bits per heavy atom. The van der Waals surface area contributed by atoms with E-state index in [4.69, 9.17) is 5.73 Å². The molecule has 6 heteroatoms. The molecule has 0 aliphatic carbocycles. The predicted octanol–water partition coefficient (Wildman–Crippen LogP) is 3.18. The summed E-state index contributed by atoms with van der Waals surface area (Å²) in [4.78, 5) is 1.97. The van der Waals surface area contributed by atoms with Crippen LogP contribution in [0.15, 0.2) is 12.1 Å². The zero-order valence-corrected chi connectivity index (χ0v) is 12.8. The van der Waals surface area contributed by atoms with Crippen LogP contribution in [-0.2, 0) is 0 Å². The molecule has 2 atom stereocenters. The van der Waals surface area contributed by atoms with E-state index in [0.29, 0.717) is 5.56 Å². The van der Waals surface area contributed by atoms with Gasteiger partial charge in [-0.15, -0.1) is 0 Å². The lowest BCUT2D eigenvalue weighted by Gasteiger charge is -2.33. The molecule has 0 saturated heterocycles. The van der Waals surface area contributed by atoms with Crippen molar-refractivity contribution in [2.45, 2.75) is 25.4 Å². The van der Waals surface area contributed by atoms with Crippen molar-refractivity contribution in [1.29, 1.82) is 0 Å². The fourth-order valence-corrected chi connectivity index (χ4v) is 2.68. The first-order chi connectivity index (χ1) is 9.42. The molecule has 0 aliphatic rings. The van der Waals surface area contributed by atoms with Gasteiger partial charge in [0.2, 0.25) is 0 Å². The van der Waals surface area contributed by atoms with Gasteiger partial charge >= 0.3 is 0 Å². The molecule has 0 saturated carbocycles. The fraction of sp³-hybridized carbons (Fsp3) is 0.571. The second-order valence-corrected chi connectivity index (χ2v) is 5.83. The molecule has 0 heterocycles. The van der Waals surface area contributed by atoms with Crippen molar-refractivity contribution in [2.75, 3.05) is 25.6 Å². The Morgan fingerprint density at radius 1 is 1.25 bits per heavy atom. The minimum absolute atomic E-state index is 0.213. The van der Waals surface area contributed by atoms with E-state index >= 15 is 0 Å². The van der Waals surface area contributed by atoms with E-state index in [1.807, 2.05) is 25.1 Å². The Hall–Kier alpha value is -0.720. The Morgan fingerprint density at radius 3 is 2.25 bits per heavy atom. The van der Waals surface area contributed by atoms with Crippen molar-refractivity contribution in [2.24, 2.45) is 5.73 Å². The monoisotopic (exact) mass is 306 g/mol. The average molecular weight is 306 g/mol. The maximum Gasteiger partial charge on any atom is 0.194 e. The summed E-state index contributed by atoms with van der Waals surface area (Å²) in [6.07, 6.45) is 2.97. The summed E-state index contributed by atoms with van der Waals surface area (Å²) in [5.74, 6) is -2.80. The van der Waals surface area contributed by atoms with Crippen LogP contribution in [0.5, 0.6) is 0 Å². The van der Waals surface area contributed by atoms with Gasteiger partial charge in [-0.1, -0.05) is 0 Å². The second-order valence-electron chi connectivity index (χ2n) is 4.85. The molecule has 0 spiro atoms. The highest BCUT2D eigenvalue weighted by molar-refractivity contribution is 7.98. The molecule has 1 aromatic rings. The SMILES string of the molecule is CSCCC(C)N(C)C(CN)c1cc(F)c(F)c(F)c1. The molecule has 1 aromatic carbocycles. The molecule has 0 radical (unpaired) electrons. The van der Waals surface area contributed by atoms with Gasteiger partial charge in [0.25, 0.3) is 0 Å². The quantitative estimate of drug-likeness (QED) is 0.785. The molecule has 2 unspecified atom stereocenters. The Kier molecular flexibility index (Phi) is 6.85. The second kappa shape index (κ2) is 7.90. The van der Waals surface area contributed by atoms with Crippen molar-refractivity contribution >= 4 is 11.8 Å². The van der Waals surface area contributed by atoms with Gasteiger partial charge in [0.15, 0.2) is 17.5 Å². The minimum Gasteiger partial charge on any atom is -0.329 e. The van der Waals surface area contributed by atoms with Crippen molar-refractivity contribution in [3.8, 4) is 0 Å². The molecule has 0 fully saturated rings. The summed E-state index contributed by atoms with van der Waals surface area (Å²) in [6.45, 7) is 2.25. The standard InChI is InChI=1S/C14H21F3N2S/c1-9(4-5-20-3)19(2)13(8-18)10-6-11(15)14(17)12(16)7-10/h6-7,9,13H,4-5,8,18H2,1-3H3. The number of hydrogen-bond acceptors (Lipinski definition) is 3. The Labute approximate surface area is 122 Å². The van der Waals surface area contributed by atoms with Crippen molar-refractivity contribution in [1.82, 2.24) is 4.90 Å². The molecule has 2 nitrogen and oxygen atoms in total. The van der Waals surface area contributed by atoms with Gasteiger partial charge in [0.05, 0.1) is 0 Å². The number of thioether (sulfide) groups is 1. The highest BCUT2D eigenvalue weighted by atomic mass is 32.2. The van der Waals surface area contributed by atoms with Crippen molar-refractivity contribution in [3.05, 3.63) is 35.1 Å². The third kappa shape index (κ3) is 4.14. The van der Waals surface area contributed by atoms with Crippen LogP contribution in [0.2, 0.25) is 0 Å². The van der Waals surface area contributed by atoms with Crippen LogP contribution in [0.4, 0.5) is 13.2 Å². The van der Waals surface area contributed by atoms with Crippen LogP contribution in [0.3, 0.4) is 0 Å². The topological polar surface area (TPSA) is 29.3 Å². The van der Waals surface area contributed by atoms with E-state index in [1.165, 1.54) is 0 Å². The number of halogens is 3. The first-order valence-electron chi connectivity index (χ1n) is 6.47. The molecule has 20 heavy (non-hydrogen) atoms. The highest BCUT2D eigenvalue weighted by Gasteiger charge is 2.22. The fourth-order valence-electron chi connectivity index (χ4n) is 2.10. The van der Waals surface area contributed by atoms with Crippen LogP contribution in [0.25, 0.3) is 0 Å². The lowest BCUT2D eigenvalue weighted by Crippen LogP contribution is -2.37. The maximum atomic E-state index is 13.3. The van der Waals surface area contributed by atoms with Gasteiger partial charge in [-0.2, -0.15) is 11.8 Å². The van der Waals surface area contributed by atoms with Crippen LogP contribution < -0.4 is 5.73 Å².